The largest absolute Gasteiger partial charge is 0.493 e. The van der Waals surface area contributed by atoms with Crippen LogP contribution in [0.25, 0.3) is 0 Å². The fraction of sp³-hybridized carbons (Fsp3) is 0.269. The number of esters is 1. The van der Waals surface area contributed by atoms with Crippen molar-refractivity contribution in [2.24, 2.45) is 5.10 Å². The quantitative estimate of drug-likeness (QED) is 0.159. The molecule has 2 aromatic rings. The summed E-state index contributed by atoms with van der Waals surface area (Å²) < 4.78 is 21.5. The number of carbonyl (C=O) groups excluding carboxylic acids is 2. The minimum atomic E-state index is -0.644. The molecule has 3 rings (SSSR count). The Morgan fingerprint density at radius 2 is 2.03 bits per heavy atom. The van der Waals surface area contributed by atoms with Crippen molar-refractivity contribution in [3.8, 4) is 23.3 Å². The van der Waals surface area contributed by atoms with Gasteiger partial charge in [-0.15, -0.1) is 0 Å². The number of hydrazone groups is 1. The molecule has 13 heteroatoms. The molecular formula is C26H26ClN5O6S. The van der Waals surface area contributed by atoms with Crippen molar-refractivity contribution >= 4 is 47.0 Å². The first-order valence-electron chi connectivity index (χ1n) is 11.6. The number of nitrogens with one attached hydrogen (secondary N) is 3. The maximum Gasteiger partial charge on any atom is 0.338 e. The first kappa shape index (κ1) is 29.2. The summed E-state index contributed by atoms with van der Waals surface area (Å²) in [4.78, 5) is 25.1. The van der Waals surface area contributed by atoms with Gasteiger partial charge in [0.05, 0.1) is 36.6 Å². The van der Waals surface area contributed by atoms with Crippen LogP contribution in [0.15, 0.2) is 52.8 Å². The van der Waals surface area contributed by atoms with Gasteiger partial charge in [0.25, 0.3) is 5.91 Å². The topological polar surface area (TPSA) is 143 Å². The minimum absolute atomic E-state index is 0.191. The Balaban J connectivity index is 1.69. The van der Waals surface area contributed by atoms with Crippen LogP contribution < -0.4 is 30.3 Å². The standard InChI is InChI=1S/C26H26ClN5O6S/c1-4-36-25(34)22-15(2)30-26(39)31-23(22)17-7-5-6-8-19(17)38-14-21(33)32-29-13-16-11-18(27)24(37-10-9-28)20(12-16)35-3/h5-8,11-13,23H,4,10,14H2,1-3H3,(H,32,33)(H2,30,31,39)/t23-/m0/s1. The zero-order valence-corrected chi connectivity index (χ0v) is 22.9. The highest BCUT2D eigenvalue weighted by molar-refractivity contribution is 7.80. The normalized spacial score (nSPS) is 14.6. The summed E-state index contributed by atoms with van der Waals surface area (Å²) in [6, 6.07) is 11.3. The number of hydrogen-bond acceptors (Lipinski definition) is 9. The second-order valence-corrected chi connectivity index (χ2v) is 8.71. The van der Waals surface area contributed by atoms with Gasteiger partial charge in [-0.3, -0.25) is 4.79 Å². The molecule has 0 aromatic heterocycles. The predicted molar refractivity (Wildman–Crippen MR) is 148 cm³/mol. The van der Waals surface area contributed by atoms with Gasteiger partial charge in [0, 0.05) is 11.3 Å². The summed E-state index contributed by atoms with van der Waals surface area (Å²) in [5.41, 5.74) is 4.42. The van der Waals surface area contributed by atoms with Crippen molar-refractivity contribution in [1.29, 1.82) is 5.26 Å². The van der Waals surface area contributed by atoms with Crippen molar-refractivity contribution in [1.82, 2.24) is 16.1 Å². The van der Waals surface area contributed by atoms with Gasteiger partial charge in [0.15, 0.2) is 29.8 Å². The van der Waals surface area contributed by atoms with Crippen LogP contribution in [0.3, 0.4) is 0 Å². The van der Waals surface area contributed by atoms with Gasteiger partial charge in [-0.25, -0.2) is 10.2 Å². The summed E-state index contributed by atoms with van der Waals surface area (Å²) in [5.74, 6) is -0.111. The molecule has 1 heterocycles. The Labute approximate surface area is 235 Å². The Kier molecular flexibility index (Phi) is 10.5. The van der Waals surface area contributed by atoms with Gasteiger partial charge < -0.3 is 29.6 Å². The van der Waals surface area contributed by atoms with Crippen LogP contribution in [0.5, 0.6) is 17.2 Å². The number of amides is 1. The van der Waals surface area contributed by atoms with Crippen LogP contribution >= 0.6 is 23.8 Å². The van der Waals surface area contributed by atoms with Crippen LogP contribution in [0, 0.1) is 11.3 Å². The number of para-hydroxylation sites is 1. The fourth-order valence-corrected chi connectivity index (χ4v) is 4.21. The highest BCUT2D eigenvalue weighted by atomic mass is 35.5. The van der Waals surface area contributed by atoms with Crippen LogP contribution in [-0.4, -0.2) is 50.1 Å². The van der Waals surface area contributed by atoms with Crippen LogP contribution in [0.2, 0.25) is 5.02 Å². The number of thiocarbonyl (C=S) groups is 1. The van der Waals surface area contributed by atoms with Gasteiger partial charge in [0.1, 0.15) is 11.8 Å². The highest BCUT2D eigenvalue weighted by Gasteiger charge is 2.32. The SMILES string of the molecule is CCOC(=O)C1=C(C)NC(=S)N[C@H]1c1ccccc1OCC(=O)NN=Cc1cc(Cl)c(OCC#N)c(OC)c1. The van der Waals surface area contributed by atoms with Gasteiger partial charge in [-0.2, -0.15) is 10.4 Å². The van der Waals surface area contributed by atoms with E-state index in [0.29, 0.717) is 39.0 Å². The first-order valence-corrected chi connectivity index (χ1v) is 12.4. The number of rotatable bonds is 11. The summed E-state index contributed by atoms with van der Waals surface area (Å²) in [5, 5.41) is 19.2. The molecule has 1 atom stereocenters. The third-order valence-corrected chi connectivity index (χ3v) is 5.79. The zero-order valence-electron chi connectivity index (χ0n) is 21.4. The van der Waals surface area contributed by atoms with E-state index in [2.05, 4.69) is 21.2 Å². The van der Waals surface area contributed by atoms with Crippen molar-refractivity contribution in [2.75, 3.05) is 26.9 Å². The molecule has 1 aliphatic heterocycles. The molecule has 0 fully saturated rings. The molecule has 204 valence electrons. The third kappa shape index (κ3) is 7.59. The first-order chi connectivity index (χ1) is 18.8. The summed E-state index contributed by atoms with van der Waals surface area (Å²) in [7, 11) is 1.43. The Bertz CT molecular complexity index is 1360. The van der Waals surface area contributed by atoms with E-state index in [9.17, 15) is 9.59 Å². The Morgan fingerprint density at radius 1 is 1.26 bits per heavy atom. The number of carbonyl (C=O) groups is 2. The maximum atomic E-state index is 12.7. The van der Waals surface area contributed by atoms with E-state index in [1.54, 1.807) is 50.2 Å². The predicted octanol–water partition coefficient (Wildman–Crippen LogP) is 3.14. The van der Waals surface area contributed by atoms with Crippen molar-refractivity contribution in [3.05, 3.63) is 63.8 Å². The molecule has 39 heavy (non-hydrogen) atoms. The molecule has 0 saturated carbocycles. The van der Waals surface area contributed by atoms with E-state index in [-0.39, 0.29) is 30.6 Å². The Hall–Kier alpha value is -4.34. The van der Waals surface area contributed by atoms with Crippen LogP contribution in [-0.2, 0) is 14.3 Å². The van der Waals surface area contributed by atoms with E-state index >= 15 is 0 Å². The third-order valence-electron chi connectivity index (χ3n) is 5.29. The molecule has 1 aliphatic rings. The molecule has 1 amide bonds. The van der Waals surface area contributed by atoms with Gasteiger partial charge in [-0.1, -0.05) is 29.8 Å². The van der Waals surface area contributed by atoms with E-state index in [4.69, 9.17) is 48.0 Å². The molecule has 0 saturated heterocycles. The maximum absolute atomic E-state index is 12.7. The highest BCUT2D eigenvalue weighted by Crippen LogP contribution is 2.36. The number of methoxy groups -OCH3 is 1. The van der Waals surface area contributed by atoms with Crippen LogP contribution in [0.4, 0.5) is 0 Å². The van der Waals surface area contributed by atoms with E-state index in [1.807, 2.05) is 6.07 Å². The zero-order chi connectivity index (χ0) is 28.4. The van der Waals surface area contributed by atoms with Crippen molar-refractivity contribution < 1.29 is 28.5 Å². The van der Waals surface area contributed by atoms with Crippen LogP contribution in [0.1, 0.15) is 31.0 Å². The summed E-state index contributed by atoms with van der Waals surface area (Å²) >= 11 is 11.5. The smallest absolute Gasteiger partial charge is 0.338 e. The average Bonchev–Trinajstić information content (AvgIpc) is 2.90. The lowest BCUT2D eigenvalue weighted by atomic mass is 9.95. The number of allylic oxidation sites excluding steroid dienone is 1. The number of nitrogens with zero attached hydrogens (tertiary/aromatic N) is 2. The molecule has 3 N–H and O–H groups in total. The molecule has 2 aromatic carbocycles. The summed E-state index contributed by atoms with van der Waals surface area (Å²) in [6.07, 6.45) is 1.37. The Morgan fingerprint density at radius 3 is 2.74 bits per heavy atom. The number of benzene rings is 2. The van der Waals surface area contributed by atoms with Crippen molar-refractivity contribution in [2.45, 2.75) is 19.9 Å². The van der Waals surface area contributed by atoms with Gasteiger partial charge in [-0.05, 0) is 49.8 Å². The van der Waals surface area contributed by atoms with Crippen molar-refractivity contribution in [3.63, 3.8) is 0 Å². The average molecular weight is 572 g/mol. The lowest BCUT2D eigenvalue weighted by molar-refractivity contribution is -0.139. The summed E-state index contributed by atoms with van der Waals surface area (Å²) in [6.45, 7) is 3.12. The van der Waals surface area contributed by atoms with Gasteiger partial charge >= 0.3 is 5.97 Å². The molecule has 11 nitrogen and oxygen atoms in total. The number of halogens is 1. The number of hydrogen-bond donors (Lipinski definition) is 3. The second-order valence-electron chi connectivity index (χ2n) is 7.89. The van der Waals surface area contributed by atoms with E-state index in [1.165, 1.54) is 13.3 Å². The molecule has 0 unspecified atom stereocenters. The molecular weight excluding hydrogens is 546 g/mol. The fourth-order valence-electron chi connectivity index (χ4n) is 3.67. The van der Waals surface area contributed by atoms with Gasteiger partial charge in [0.2, 0.25) is 0 Å². The minimum Gasteiger partial charge on any atom is -0.493 e. The number of nitriles is 1. The lowest BCUT2D eigenvalue weighted by Crippen LogP contribution is -2.45. The molecule has 0 bridgehead atoms. The molecule has 0 radical (unpaired) electrons. The van der Waals surface area contributed by atoms with E-state index < -0.39 is 17.9 Å². The van der Waals surface area contributed by atoms with E-state index in [0.717, 1.165) is 0 Å². The monoisotopic (exact) mass is 571 g/mol. The molecule has 0 aliphatic carbocycles. The number of ether oxygens (including phenoxy) is 4. The molecule has 0 spiro atoms. The lowest BCUT2D eigenvalue weighted by Gasteiger charge is -2.30. The second kappa shape index (κ2) is 14.0.